The minimum absolute atomic E-state index is 0.0529. The molecule has 2 aliphatic heterocycles. The Hall–Kier alpha value is -6.33. The van der Waals surface area contributed by atoms with Gasteiger partial charge in [-0.25, -0.2) is 4.98 Å². The molecule has 326 valence electrons. The Morgan fingerprint density at radius 2 is 1.69 bits per heavy atom. The third-order valence-electron chi connectivity index (χ3n) is 10.5. The molecule has 0 saturated carbocycles. The molecule has 0 saturated heterocycles. The highest BCUT2D eigenvalue weighted by molar-refractivity contribution is 6.65. The van der Waals surface area contributed by atoms with Crippen molar-refractivity contribution in [3.8, 4) is 17.2 Å². The maximum atomic E-state index is 14.7. The fourth-order valence-electron chi connectivity index (χ4n) is 7.67. The Bertz CT molecular complexity index is 2260. The van der Waals surface area contributed by atoms with Gasteiger partial charge in [-0.3, -0.25) is 19.4 Å². The molecule has 2 N–H and O–H groups in total. The number of Topliss-reactive ketones (excluding diaryl/α,β-unsaturated/α-hetero) is 1. The minimum atomic E-state index is -2.64. The van der Waals surface area contributed by atoms with Crippen LogP contribution in [0.1, 0.15) is 65.6 Å². The lowest BCUT2D eigenvalue weighted by atomic mass is 9.58. The van der Waals surface area contributed by atoms with E-state index in [1.165, 1.54) is 18.6 Å². The molecule has 3 heterocycles. The number of hydrogen-bond acceptors (Lipinski definition) is 12. The molecular formula is C44H53BN8O9. The van der Waals surface area contributed by atoms with Gasteiger partial charge >= 0.3 is 6.69 Å². The van der Waals surface area contributed by atoms with E-state index in [-0.39, 0.29) is 48.7 Å². The summed E-state index contributed by atoms with van der Waals surface area (Å²) in [6, 6.07) is 20.2. The molecule has 3 aromatic carbocycles. The number of nitrogens with one attached hydrogen (secondary N) is 2. The third-order valence-corrected chi connectivity index (χ3v) is 10.5. The van der Waals surface area contributed by atoms with E-state index in [2.05, 4.69) is 30.6 Å². The Morgan fingerprint density at radius 1 is 0.935 bits per heavy atom. The highest BCUT2D eigenvalue weighted by Gasteiger charge is 2.63. The average Bonchev–Trinajstić information content (AvgIpc) is 3.62. The van der Waals surface area contributed by atoms with Gasteiger partial charge in [0.2, 0.25) is 5.91 Å². The summed E-state index contributed by atoms with van der Waals surface area (Å²) in [5.41, 5.74) is 12.2. The van der Waals surface area contributed by atoms with E-state index < -0.39 is 18.5 Å². The number of hydrogen-bond donors (Lipinski definition) is 2. The Balaban J connectivity index is 1.33. The monoisotopic (exact) mass is 848 g/mol. The van der Waals surface area contributed by atoms with Crippen LogP contribution in [-0.2, 0) is 25.4 Å². The van der Waals surface area contributed by atoms with Gasteiger partial charge < -0.3 is 43.4 Å². The van der Waals surface area contributed by atoms with E-state index in [0.717, 1.165) is 16.8 Å². The molecule has 3 atom stereocenters. The van der Waals surface area contributed by atoms with Crippen molar-refractivity contribution in [3.63, 3.8) is 0 Å². The second-order valence-electron chi connectivity index (χ2n) is 15.4. The zero-order chi connectivity index (χ0) is 43.9. The Morgan fingerprint density at radius 3 is 2.42 bits per heavy atom. The van der Waals surface area contributed by atoms with E-state index in [9.17, 15) is 14.4 Å². The molecular weight excluding hydrogens is 795 g/mol. The van der Waals surface area contributed by atoms with Crippen LogP contribution in [0.5, 0.6) is 17.2 Å². The van der Waals surface area contributed by atoms with Crippen LogP contribution in [0.2, 0.25) is 0 Å². The first-order valence-electron chi connectivity index (χ1n) is 20.8. The van der Waals surface area contributed by atoms with Crippen LogP contribution in [0.4, 0.5) is 5.69 Å². The second kappa shape index (κ2) is 22.0. The Labute approximate surface area is 360 Å². The second-order valence-corrected chi connectivity index (χ2v) is 15.4. The summed E-state index contributed by atoms with van der Waals surface area (Å²) in [5, 5.41) is 9.58. The van der Waals surface area contributed by atoms with Crippen molar-refractivity contribution in [2.75, 3.05) is 59.8 Å². The summed E-state index contributed by atoms with van der Waals surface area (Å²) in [7, 11) is 1.62. The fraction of sp³-hybridized carbons (Fsp3) is 0.409. The molecule has 62 heavy (non-hydrogen) atoms. The number of nitrogens with zero attached hydrogens (tertiary/aromatic N) is 6. The van der Waals surface area contributed by atoms with Crippen molar-refractivity contribution in [1.82, 2.24) is 20.6 Å². The average molecular weight is 849 g/mol. The van der Waals surface area contributed by atoms with Crippen molar-refractivity contribution in [3.05, 3.63) is 118 Å². The first kappa shape index (κ1) is 45.2. The number of aromatic nitrogens is 2. The lowest BCUT2D eigenvalue weighted by molar-refractivity contribution is -0.327. The van der Waals surface area contributed by atoms with Gasteiger partial charge in [-0.15, -0.1) is 0 Å². The SMILES string of the molecule is COCCOCCOCCOc1ccc2c(c1)C(C)=[N+]1c3ccc(C(=O)NCCN=[N+]=[N-])cc3O[B-]1([C@H](CC(C)C)NC(=O)[C@H](CC(=O)c1cnccn1)Cc1ccccc1)O2. The predicted molar refractivity (Wildman–Crippen MR) is 231 cm³/mol. The molecule has 17 nitrogen and oxygen atoms in total. The third kappa shape index (κ3) is 11.3. The van der Waals surface area contributed by atoms with Gasteiger partial charge in [0, 0.05) is 68.4 Å². The molecule has 4 aromatic rings. The number of azide groups is 1. The maximum absolute atomic E-state index is 14.7. The van der Waals surface area contributed by atoms with E-state index >= 15 is 0 Å². The summed E-state index contributed by atoms with van der Waals surface area (Å²) < 4.78 is 38.2. The molecule has 1 unspecified atom stereocenters. The number of carbonyl (C=O) groups excluding carboxylic acids is 3. The van der Waals surface area contributed by atoms with Gasteiger partial charge in [-0.05, 0) is 60.2 Å². The van der Waals surface area contributed by atoms with E-state index in [0.29, 0.717) is 81.0 Å². The first-order valence-corrected chi connectivity index (χ1v) is 20.8. The number of carbonyl (C=O) groups is 3. The number of methoxy groups -OCH3 is 1. The van der Waals surface area contributed by atoms with Crippen LogP contribution in [0, 0.1) is 11.8 Å². The minimum Gasteiger partial charge on any atom is -0.621 e. The van der Waals surface area contributed by atoms with E-state index in [4.69, 9.17) is 33.8 Å². The van der Waals surface area contributed by atoms with Gasteiger partial charge in [0.05, 0.1) is 56.5 Å². The molecule has 0 aliphatic carbocycles. The van der Waals surface area contributed by atoms with E-state index in [1.54, 1.807) is 25.3 Å². The standard InChI is InChI=1S/C44H53BN8O9/c1-30(2)24-42(51-44(56)34(25-32-8-6-5-7-9-32)26-39(54)37-29-47-14-15-48-37)45-53(38-12-10-33(27-41(38)62-45)43(55)49-16-17-50-52-46)31(3)36-28-35(11-13-40(36)61-45)60-23-22-59-21-20-58-19-18-57-4/h5-15,27-30,34,42H,16-26H2,1-4H3,(H,49,55)(H,51,56)/t34-,42-,45?/m0/s1. The smallest absolute Gasteiger partial charge is 0.621 e. The van der Waals surface area contributed by atoms with Crippen LogP contribution in [-0.4, -0.2) is 110 Å². The highest BCUT2D eigenvalue weighted by atomic mass is 16.6. The lowest BCUT2D eigenvalue weighted by Gasteiger charge is -2.42. The molecule has 6 rings (SSSR count). The maximum Gasteiger partial charge on any atom is 0.675 e. The number of rotatable bonds is 24. The molecule has 2 aliphatic rings. The van der Waals surface area contributed by atoms with Gasteiger partial charge in [-0.2, -0.15) is 0 Å². The number of ether oxygens (including phenoxy) is 4. The molecule has 0 spiro atoms. The first-order chi connectivity index (χ1) is 30.1. The normalized spacial score (nSPS) is 15.8. The fourth-order valence-corrected chi connectivity index (χ4v) is 7.67. The van der Waals surface area contributed by atoms with Crippen molar-refractivity contribution >= 4 is 35.7 Å². The number of amides is 2. The zero-order valence-corrected chi connectivity index (χ0v) is 35.5. The quantitative estimate of drug-likeness (QED) is 0.0220. The molecule has 18 heteroatoms. The van der Waals surface area contributed by atoms with Crippen molar-refractivity contribution in [2.45, 2.75) is 46.0 Å². The van der Waals surface area contributed by atoms with Crippen LogP contribution >= 0.6 is 0 Å². The lowest BCUT2D eigenvalue weighted by Crippen LogP contribution is -2.71. The number of benzene rings is 3. The summed E-state index contributed by atoms with van der Waals surface area (Å²) in [6.07, 6.45) is 4.96. The molecule has 1 aromatic heterocycles. The van der Waals surface area contributed by atoms with Gasteiger partial charge in [0.15, 0.2) is 11.5 Å². The van der Waals surface area contributed by atoms with Gasteiger partial charge in [0.25, 0.3) is 5.91 Å². The van der Waals surface area contributed by atoms with Crippen molar-refractivity contribution < 1.29 is 47.1 Å². The summed E-state index contributed by atoms with van der Waals surface area (Å²) in [4.78, 5) is 52.6. The number of fused-ring (bicyclic) bond motifs is 4. The summed E-state index contributed by atoms with van der Waals surface area (Å²) in [6.45, 7) is 6.22. The van der Waals surface area contributed by atoms with E-state index in [1.807, 2.05) is 73.8 Å². The Kier molecular flexibility index (Phi) is 16.0. The van der Waals surface area contributed by atoms with Crippen LogP contribution < -0.4 is 24.7 Å². The van der Waals surface area contributed by atoms with Crippen LogP contribution in [0.15, 0.2) is 90.4 Å². The molecule has 2 amide bonds. The van der Waals surface area contributed by atoms with Crippen LogP contribution in [0.3, 0.4) is 0 Å². The molecule has 0 bridgehead atoms. The van der Waals surface area contributed by atoms with Crippen molar-refractivity contribution in [2.24, 2.45) is 17.0 Å². The highest BCUT2D eigenvalue weighted by Crippen LogP contribution is 2.46. The molecule has 0 radical (unpaired) electrons. The zero-order valence-electron chi connectivity index (χ0n) is 35.5. The molecule has 0 fully saturated rings. The summed E-state index contributed by atoms with van der Waals surface area (Å²) in [5.74, 6) is -1.03. The van der Waals surface area contributed by atoms with Crippen molar-refractivity contribution in [1.29, 1.82) is 0 Å². The van der Waals surface area contributed by atoms with Crippen LogP contribution in [0.25, 0.3) is 10.4 Å². The largest absolute Gasteiger partial charge is 0.675 e. The van der Waals surface area contributed by atoms with Gasteiger partial charge in [-0.1, -0.05) is 49.3 Å². The van der Waals surface area contributed by atoms with Gasteiger partial charge in [0.1, 0.15) is 29.5 Å². The summed E-state index contributed by atoms with van der Waals surface area (Å²) >= 11 is 0. The number of ketones is 1. The predicted octanol–water partition coefficient (Wildman–Crippen LogP) is 5.65. The topological polar surface area (TPSA) is 208 Å².